The highest BCUT2D eigenvalue weighted by Crippen LogP contribution is 2.36. The Kier molecular flexibility index (Phi) is 8.40. The lowest BCUT2D eigenvalue weighted by molar-refractivity contribution is -0.277. The van der Waals surface area contributed by atoms with E-state index in [0.717, 1.165) is 11.1 Å². The lowest BCUT2D eigenvalue weighted by Crippen LogP contribution is -2.60. The Morgan fingerprint density at radius 3 is 2.27 bits per heavy atom. The van der Waals surface area contributed by atoms with E-state index in [2.05, 4.69) is 0 Å². The van der Waals surface area contributed by atoms with Crippen LogP contribution in [-0.2, 0) is 27.1 Å². The molecule has 0 radical (unpaired) electrons. The van der Waals surface area contributed by atoms with Crippen molar-refractivity contribution in [2.75, 3.05) is 27.4 Å². The molecule has 2 aliphatic heterocycles. The summed E-state index contributed by atoms with van der Waals surface area (Å²) in [6.07, 6.45) is -6.14. The highest BCUT2D eigenvalue weighted by Gasteiger charge is 2.45. The molecule has 11 nitrogen and oxygen atoms in total. The van der Waals surface area contributed by atoms with Gasteiger partial charge in [-0.15, -0.1) is 0 Å². The predicted molar refractivity (Wildman–Crippen MR) is 127 cm³/mol. The first-order valence-corrected chi connectivity index (χ1v) is 11.9. The van der Waals surface area contributed by atoms with Gasteiger partial charge in [0.2, 0.25) is 6.29 Å². The fraction of sp³-hybridized carbons (Fsp3) is 0.500. The van der Waals surface area contributed by atoms with E-state index in [1.54, 1.807) is 36.4 Å². The Hall–Kier alpha value is -3.09. The molecular weight excluding hydrogens is 488 g/mol. The fourth-order valence-corrected chi connectivity index (χ4v) is 4.69. The van der Waals surface area contributed by atoms with E-state index in [0.29, 0.717) is 24.3 Å². The molecule has 0 saturated carbocycles. The molecule has 0 aliphatic carbocycles. The van der Waals surface area contributed by atoms with Gasteiger partial charge in [0, 0.05) is 5.92 Å². The standard InChI is InChI=1S/C26H32O11/c1-33-19-9-13(3-5-17(19)28)7-15-12-35-25(32)16(15)8-14-4-6-18(20(10-14)34-2)36-26-24(31)23(30)22(29)21(11-27)37-26/h3-6,9-10,15-16,21-24,26-31H,7-8,11-12H2,1-2H3/t15-,16+,21-,22-,23+,24-,26-/m1/s1. The largest absolute Gasteiger partial charge is 0.504 e. The van der Waals surface area contributed by atoms with Crippen LogP contribution in [0.4, 0.5) is 0 Å². The highest BCUT2D eigenvalue weighted by molar-refractivity contribution is 5.75. The van der Waals surface area contributed by atoms with Crippen molar-refractivity contribution in [2.24, 2.45) is 11.8 Å². The van der Waals surface area contributed by atoms with E-state index in [1.165, 1.54) is 14.2 Å². The van der Waals surface area contributed by atoms with Crippen LogP contribution in [0.5, 0.6) is 23.0 Å². The van der Waals surface area contributed by atoms with Crippen molar-refractivity contribution in [1.82, 2.24) is 0 Å². The zero-order valence-electron chi connectivity index (χ0n) is 20.5. The molecule has 2 aliphatic rings. The third kappa shape index (κ3) is 5.76. The van der Waals surface area contributed by atoms with Crippen LogP contribution in [0.25, 0.3) is 0 Å². The lowest BCUT2D eigenvalue weighted by Gasteiger charge is -2.39. The number of rotatable bonds is 9. The second-order valence-electron chi connectivity index (χ2n) is 9.21. The summed E-state index contributed by atoms with van der Waals surface area (Å²) < 4.78 is 27.1. The Morgan fingerprint density at radius 2 is 1.57 bits per heavy atom. The quantitative estimate of drug-likeness (QED) is 0.286. The number of hydrogen-bond acceptors (Lipinski definition) is 11. The SMILES string of the molecule is COc1cc(C[C@@H]2COC(=O)[C@H]2Cc2ccc(O[C@@H]3O[C@H](CO)[C@@H](O)[C@H](O)[C@H]3O)c(OC)c2)ccc1O. The van der Waals surface area contributed by atoms with Gasteiger partial charge >= 0.3 is 5.97 Å². The zero-order valence-corrected chi connectivity index (χ0v) is 20.5. The summed E-state index contributed by atoms with van der Waals surface area (Å²) in [7, 11) is 2.91. The van der Waals surface area contributed by atoms with Gasteiger partial charge < -0.3 is 49.2 Å². The van der Waals surface area contributed by atoms with Gasteiger partial charge in [0.1, 0.15) is 24.4 Å². The smallest absolute Gasteiger partial charge is 0.309 e. The topological polar surface area (TPSA) is 164 Å². The number of esters is 1. The van der Waals surface area contributed by atoms with Crippen molar-refractivity contribution in [1.29, 1.82) is 0 Å². The minimum absolute atomic E-state index is 0.0414. The molecule has 0 aromatic heterocycles. The molecule has 202 valence electrons. The van der Waals surface area contributed by atoms with Crippen molar-refractivity contribution in [3.05, 3.63) is 47.5 Å². The summed E-state index contributed by atoms with van der Waals surface area (Å²) in [6.45, 7) is -0.293. The normalized spacial score (nSPS) is 29.6. The molecule has 0 unspecified atom stereocenters. The van der Waals surface area contributed by atoms with Gasteiger partial charge in [-0.1, -0.05) is 12.1 Å². The summed E-state index contributed by atoms with van der Waals surface area (Å²) in [5, 5.41) is 49.5. The molecule has 37 heavy (non-hydrogen) atoms. The van der Waals surface area contributed by atoms with Crippen LogP contribution in [0.2, 0.25) is 0 Å². The number of carbonyl (C=O) groups excluding carboxylic acids is 1. The minimum atomic E-state index is -1.57. The van der Waals surface area contributed by atoms with Gasteiger partial charge in [0.05, 0.1) is 33.4 Å². The molecule has 2 heterocycles. The number of phenols is 1. The first kappa shape index (κ1) is 27.0. The minimum Gasteiger partial charge on any atom is -0.504 e. The van der Waals surface area contributed by atoms with Crippen LogP contribution >= 0.6 is 0 Å². The van der Waals surface area contributed by atoms with E-state index in [-0.39, 0.29) is 30.0 Å². The van der Waals surface area contributed by atoms with E-state index >= 15 is 0 Å². The summed E-state index contributed by atoms with van der Waals surface area (Å²) in [4.78, 5) is 12.5. The van der Waals surface area contributed by atoms with Crippen LogP contribution in [0.3, 0.4) is 0 Å². The number of benzene rings is 2. The molecule has 2 aromatic carbocycles. The maximum absolute atomic E-state index is 12.5. The summed E-state index contributed by atoms with van der Waals surface area (Å²) >= 11 is 0. The monoisotopic (exact) mass is 520 g/mol. The molecule has 0 bridgehead atoms. The molecule has 2 saturated heterocycles. The first-order valence-electron chi connectivity index (χ1n) is 11.9. The van der Waals surface area contributed by atoms with Crippen molar-refractivity contribution >= 4 is 5.97 Å². The average Bonchev–Trinajstić information content (AvgIpc) is 3.24. The highest BCUT2D eigenvalue weighted by atomic mass is 16.7. The second kappa shape index (κ2) is 11.5. The summed E-state index contributed by atoms with van der Waals surface area (Å²) in [5.41, 5.74) is 1.69. The van der Waals surface area contributed by atoms with Gasteiger partial charge in [-0.2, -0.15) is 0 Å². The van der Waals surface area contributed by atoms with E-state index in [4.69, 9.17) is 23.7 Å². The molecule has 5 N–H and O–H groups in total. The molecule has 2 fully saturated rings. The molecule has 7 atom stereocenters. The molecule has 4 rings (SSSR count). The van der Waals surface area contributed by atoms with Gasteiger partial charge in [0.15, 0.2) is 23.0 Å². The predicted octanol–water partition coefficient (Wildman–Crippen LogP) is 0.163. The van der Waals surface area contributed by atoms with Crippen molar-refractivity contribution in [2.45, 2.75) is 43.5 Å². The molecule has 2 aromatic rings. The number of aromatic hydroxyl groups is 1. The van der Waals surface area contributed by atoms with Gasteiger partial charge in [0.25, 0.3) is 0 Å². The fourth-order valence-electron chi connectivity index (χ4n) is 4.69. The number of carbonyl (C=O) groups is 1. The van der Waals surface area contributed by atoms with Crippen LogP contribution in [-0.4, -0.2) is 89.6 Å². The number of aliphatic hydroxyl groups is 4. The summed E-state index contributed by atoms with van der Waals surface area (Å²) in [6, 6.07) is 10.1. The van der Waals surface area contributed by atoms with Gasteiger partial charge in [-0.05, 0) is 48.2 Å². The van der Waals surface area contributed by atoms with Crippen LogP contribution in [0.15, 0.2) is 36.4 Å². The summed E-state index contributed by atoms with van der Waals surface area (Å²) in [5.74, 6) is 0.132. The van der Waals surface area contributed by atoms with E-state index in [9.17, 15) is 30.3 Å². The third-order valence-electron chi connectivity index (χ3n) is 6.83. The van der Waals surface area contributed by atoms with Gasteiger partial charge in [-0.25, -0.2) is 0 Å². The number of ether oxygens (including phenoxy) is 5. The number of aliphatic hydroxyl groups excluding tert-OH is 4. The first-order chi connectivity index (χ1) is 17.7. The number of phenolic OH excluding ortho intramolecular Hbond substituents is 1. The number of methoxy groups -OCH3 is 2. The Bertz CT molecular complexity index is 1090. The molecule has 0 amide bonds. The van der Waals surface area contributed by atoms with Crippen LogP contribution < -0.4 is 14.2 Å². The lowest BCUT2D eigenvalue weighted by atomic mass is 9.85. The number of hydrogen-bond donors (Lipinski definition) is 5. The Balaban J connectivity index is 1.47. The van der Waals surface area contributed by atoms with E-state index < -0.39 is 43.2 Å². The molecule has 11 heteroatoms. The third-order valence-corrected chi connectivity index (χ3v) is 6.83. The second-order valence-corrected chi connectivity index (χ2v) is 9.21. The van der Waals surface area contributed by atoms with Crippen LogP contribution in [0.1, 0.15) is 11.1 Å². The Morgan fingerprint density at radius 1 is 0.892 bits per heavy atom. The van der Waals surface area contributed by atoms with Crippen molar-refractivity contribution in [3.63, 3.8) is 0 Å². The molecule has 0 spiro atoms. The Labute approximate surface area is 213 Å². The average molecular weight is 521 g/mol. The van der Waals surface area contributed by atoms with Crippen molar-refractivity contribution < 1.29 is 54.0 Å². The maximum atomic E-state index is 12.5. The molecular formula is C26H32O11. The van der Waals surface area contributed by atoms with Crippen LogP contribution in [0, 0.1) is 11.8 Å². The number of cyclic esters (lactones) is 1. The maximum Gasteiger partial charge on any atom is 0.309 e. The zero-order chi connectivity index (χ0) is 26.7. The van der Waals surface area contributed by atoms with Gasteiger partial charge in [-0.3, -0.25) is 4.79 Å². The van der Waals surface area contributed by atoms with Crippen molar-refractivity contribution in [3.8, 4) is 23.0 Å². The van der Waals surface area contributed by atoms with E-state index in [1.807, 2.05) is 0 Å².